The summed E-state index contributed by atoms with van der Waals surface area (Å²) in [5.74, 6) is 1.10. The zero-order valence-corrected chi connectivity index (χ0v) is 11.9. The zero-order chi connectivity index (χ0) is 12.4. The summed E-state index contributed by atoms with van der Waals surface area (Å²) in [6.07, 6.45) is 1.16. The lowest BCUT2D eigenvalue weighted by molar-refractivity contribution is 0.344. The topological polar surface area (TPSA) is 50.1 Å². The summed E-state index contributed by atoms with van der Waals surface area (Å²) in [6, 6.07) is 8.75. The van der Waals surface area contributed by atoms with Crippen LogP contribution >= 0.6 is 15.9 Å². The second kappa shape index (κ2) is 5.48. The average Bonchev–Trinajstić information content (AvgIpc) is 2.61. The van der Waals surface area contributed by atoms with E-state index in [4.69, 9.17) is 5.73 Å². The maximum absolute atomic E-state index is 6.10. The van der Waals surface area contributed by atoms with Gasteiger partial charge in [0.15, 0.2) is 0 Å². The van der Waals surface area contributed by atoms with Gasteiger partial charge in [-0.3, -0.25) is 0 Å². The van der Waals surface area contributed by atoms with Crippen LogP contribution in [0.15, 0.2) is 28.7 Å². The lowest BCUT2D eigenvalue weighted by atomic mass is 9.86. The van der Waals surface area contributed by atoms with Gasteiger partial charge in [0.25, 0.3) is 0 Å². The van der Waals surface area contributed by atoms with Crippen molar-refractivity contribution in [2.24, 2.45) is 17.6 Å². The third-order valence-electron chi connectivity index (χ3n) is 3.27. The fourth-order valence-electron chi connectivity index (χ4n) is 2.44. The fourth-order valence-corrected chi connectivity index (χ4v) is 2.70. The molecule has 94 valence electrons. The molecule has 0 radical (unpaired) electrons. The van der Waals surface area contributed by atoms with Crippen molar-refractivity contribution in [3.05, 3.63) is 34.3 Å². The first kappa shape index (κ1) is 13.0. The van der Waals surface area contributed by atoms with Gasteiger partial charge < -0.3 is 5.73 Å². The van der Waals surface area contributed by atoms with Crippen LogP contribution in [0, 0.1) is 11.8 Å². The van der Waals surface area contributed by atoms with Crippen LogP contribution in [0.2, 0.25) is 0 Å². The summed E-state index contributed by atoms with van der Waals surface area (Å²) < 4.78 is 1.11. The number of hydrogen-bond donors (Lipinski definition) is 3. The molecule has 4 N–H and O–H groups in total. The molecule has 0 aromatic heterocycles. The van der Waals surface area contributed by atoms with Crippen molar-refractivity contribution in [3.8, 4) is 0 Å². The second-order valence-electron chi connectivity index (χ2n) is 5.14. The molecule has 1 aliphatic rings. The summed E-state index contributed by atoms with van der Waals surface area (Å²) in [5.41, 5.74) is 13.9. The monoisotopic (exact) mass is 297 g/mol. The highest BCUT2D eigenvalue weighted by molar-refractivity contribution is 9.10. The number of benzene rings is 1. The molecule has 0 amide bonds. The Bertz CT molecular complexity index is 363. The van der Waals surface area contributed by atoms with Crippen LogP contribution < -0.4 is 16.6 Å². The number of hydrazine groups is 1. The molecule has 1 aromatic rings. The summed E-state index contributed by atoms with van der Waals surface area (Å²) >= 11 is 3.46. The summed E-state index contributed by atoms with van der Waals surface area (Å²) in [6.45, 7) is 4.48. The lowest BCUT2D eigenvalue weighted by Crippen LogP contribution is -2.39. The van der Waals surface area contributed by atoms with Crippen molar-refractivity contribution in [1.82, 2.24) is 10.9 Å². The first-order valence-corrected chi connectivity index (χ1v) is 6.89. The van der Waals surface area contributed by atoms with Crippen molar-refractivity contribution in [1.29, 1.82) is 0 Å². The van der Waals surface area contributed by atoms with E-state index in [1.165, 1.54) is 5.56 Å². The minimum Gasteiger partial charge on any atom is -0.315 e. The molecule has 1 fully saturated rings. The molecule has 2 rings (SSSR count). The van der Waals surface area contributed by atoms with E-state index in [1.807, 2.05) is 0 Å². The van der Waals surface area contributed by atoms with Gasteiger partial charge in [-0.1, -0.05) is 41.9 Å². The quantitative estimate of drug-likeness (QED) is 0.804. The van der Waals surface area contributed by atoms with Gasteiger partial charge in [-0.15, -0.1) is 0 Å². The van der Waals surface area contributed by atoms with Crippen LogP contribution in [0.5, 0.6) is 0 Å². The van der Waals surface area contributed by atoms with Crippen molar-refractivity contribution < 1.29 is 0 Å². The van der Waals surface area contributed by atoms with Gasteiger partial charge in [0.05, 0.1) is 12.2 Å². The van der Waals surface area contributed by atoms with Crippen LogP contribution in [-0.2, 0) is 0 Å². The van der Waals surface area contributed by atoms with E-state index in [1.54, 1.807) is 0 Å². The molecule has 1 aliphatic heterocycles. The van der Waals surface area contributed by atoms with Crippen molar-refractivity contribution in [3.63, 3.8) is 0 Å². The average molecular weight is 298 g/mol. The summed E-state index contributed by atoms with van der Waals surface area (Å²) in [4.78, 5) is 0. The normalized spacial score (nSPS) is 28.9. The number of hydrogen-bond acceptors (Lipinski definition) is 3. The highest BCUT2D eigenvalue weighted by Gasteiger charge is 2.34. The molecule has 4 heteroatoms. The molecule has 3 atom stereocenters. The predicted molar refractivity (Wildman–Crippen MR) is 74.1 cm³/mol. The van der Waals surface area contributed by atoms with Crippen LogP contribution in [0.1, 0.15) is 31.9 Å². The van der Waals surface area contributed by atoms with E-state index in [-0.39, 0.29) is 6.17 Å². The van der Waals surface area contributed by atoms with E-state index in [9.17, 15) is 0 Å². The van der Waals surface area contributed by atoms with Gasteiger partial charge in [-0.25, -0.2) is 10.9 Å². The number of nitrogens with one attached hydrogen (secondary N) is 2. The maximum Gasteiger partial charge on any atom is 0.0726 e. The molecule has 1 heterocycles. The molecular weight excluding hydrogens is 278 g/mol. The second-order valence-corrected chi connectivity index (χ2v) is 6.05. The Morgan fingerprint density at radius 2 is 1.88 bits per heavy atom. The largest absolute Gasteiger partial charge is 0.315 e. The summed E-state index contributed by atoms with van der Waals surface area (Å²) in [7, 11) is 0. The van der Waals surface area contributed by atoms with Crippen LogP contribution in [0.25, 0.3) is 0 Å². The first-order valence-electron chi connectivity index (χ1n) is 6.10. The molecule has 3 nitrogen and oxygen atoms in total. The Kier molecular flexibility index (Phi) is 4.20. The number of halogens is 1. The van der Waals surface area contributed by atoms with E-state index in [0.29, 0.717) is 17.9 Å². The summed E-state index contributed by atoms with van der Waals surface area (Å²) in [5, 5.41) is 0. The van der Waals surface area contributed by atoms with Crippen molar-refractivity contribution in [2.45, 2.75) is 32.5 Å². The van der Waals surface area contributed by atoms with Gasteiger partial charge in [0.1, 0.15) is 0 Å². The maximum atomic E-state index is 6.10. The molecule has 0 spiro atoms. The van der Waals surface area contributed by atoms with E-state index in [2.05, 4.69) is 64.9 Å². The predicted octanol–water partition coefficient (Wildman–Crippen LogP) is 2.55. The van der Waals surface area contributed by atoms with Crippen LogP contribution in [0.4, 0.5) is 0 Å². The molecule has 1 aromatic carbocycles. The minimum absolute atomic E-state index is 0.0334. The minimum atomic E-state index is 0.0334. The van der Waals surface area contributed by atoms with Crippen LogP contribution in [-0.4, -0.2) is 6.17 Å². The lowest BCUT2D eigenvalue weighted by Gasteiger charge is -2.22. The highest BCUT2D eigenvalue weighted by Crippen LogP contribution is 2.32. The smallest absolute Gasteiger partial charge is 0.0726 e. The van der Waals surface area contributed by atoms with Gasteiger partial charge in [0.2, 0.25) is 0 Å². The molecule has 0 saturated carbocycles. The van der Waals surface area contributed by atoms with Gasteiger partial charge >= 0.3 is 0 Å². The van der Waals surface area contributed by atoms with E-state index >= 15 is 0 Å². The first-order chi connectivity index (χ1) is 8.08. The van der Waals surface area contributed by atoms with Gasteiger partial charge in [-0.05, 0) is 30.0 Å². The Balaban J connectivity index is 2.16. The standard InChI is InChI=1S/C13H20BrN3/c1-8(2)7-11-12(16-17-13(11)15)9-3-5-10(14)6-4-9/h3-6,8,11-13,16-17H,7,15H2,1-2H3. The molecule has 17 heavy (non-hydrogen) atoms. The number of nitrogens with two attached hydrogens (primary N) is 1. The number of rotatable bonds is 3. The van der Waals surface area contributed by atoms with Gasteiger partial charge in [0, 0.05) is 10.4 Å². The van der Waals surface area contributed by atoms with E-state index < -0.39 is 0 Å². The fraction of sp³-hybridized carbons (Fsp3) is 0.538. The SMILES string of the molecule is CC(C)CC1C(N)NNC1c1ccc(Br)cc1. The third-order valence-corrected chi connectivity index (χ3v) is 3.80. The molecular formula is C13H20BrN3. The van der Waals surface area contributed by atoms with Crippen molar-refractivity contribution >= 4 is 15.9 Å². The Morgan fingerprint density at radius 1 is 1.24 bits per heavy atom. The van der Waals surface area contributed by atoms with E-state index in [0.717, 1.165) is 10.9 Å². The Labute approximate surface area is 111 Å². The molecule has 3 unspecified atom stereocenters. The highest BCUT2D eigenvalue weighted by atomic mass is 79.9. The van der Waals surface area contributed by atoms with Gasteiger partial charge in [-0.2, -0.15) is 0 Å². The molecule has 1 saturated heterocycles. The van der Waals surface area contributed by atoms with Crippen LogP contribution in [0.3, 0.4) is 0 Å². The zero-order valence-electron chi connectivity index (χ0n) is 10.3. The van der Waals surface area contributed by atoms with Crippen molar-refractivity contribution in [2.75, 3.05) is 0 Å². The Hall–Kier alpha value is -0.420. The Morgan fingerprint density at radius 3 is 2.47 bits per heavy atom. The third kappa shape index (κ3) is 3.07. The molecule has 0 bridgehead atoms. The molecule has 0 aliphatic carbocycles.